The molecule has 1 aromatic heterocycles. The molecule has 29 heavy (non-hydrogen) atoms. The van der Waals surface area contributed by atoms with Gasteiger partial charge in [-0.15, -0.1) is 10.2 Å². The molecule has 2 aromatic carbocycles. The van der Waals surface area contributed by atoms with Gasteiger partial charge in [0.1, 0.15) is 11.5 Å². The van der Waals surface area contributed by atoms with E-state index in [0.717, 1.165) is 15.9 Å². The highest BCUT2D eigenvalue weighted by molar-refractivity contribution is 9.10. The van der Waals surface area contributed by atoms with Crippen molar-refractivity contribution in [3.8, 4) is 11.5 Å². The second-order valence-corrected chi connectivity index (χ2v) is 8.04. The lowest BCUT2D eigenvalue weighted by atomic mass is 10.3. The summed E-state index contributed by atoms with van der Waals surface area (Å²) in [5.41, 5.74) is 0.740. The maximum atomic E-state index is 12.2. The molecule has 7 nitrogen and oxygen atoms in total. The number of nitrogens with one attached hydrogen (secondary N) is 1. The van der Waals surface area contributed by atoms with Crippen molar-refractivity contribution in [2.45, 2.75) is 18.2 Å². The van der Waals surface area contributed by atoms with Crippen LogP contribution in [-0.2, 0) is 11.8 Å². The zero-order chi connectivity index (χ0) is 20.8. The zero-order valence-corrected chi connectivity index (χ0v) is 18.7. The minimum Gasteiger partial charge on any atom is -0.497 e. The van der Waals surface area contributed by atoms with Crippen molar-refractivity contribution in [3.05, 3.63) is 58.8 Å². The van der Waals surface area contributed by atoms with E-state index in [9.17, 15) is 4.79 Å². The van der Waals surface area contributed by atoms with Crippen LogP contribution in [0.5, 0.6) is 11.5 Å². The molecule has 0 radical (unpaired) electrons. The minimum atomic E-state index is -0.315. The Morgan fingerprint density at radius 3 is 2.72 bits per heavy atom. The van der Waals surface area contributed by atoms with Crippen LogP contribution in [0.15, 0.2) is 58.2 Å². The average molecular weight is 477 g/mol. The number of amides is 1. The molecule has 1 heterocycles. The third kappa shape index (κ3) is 5.74. The van der Waals surface area contributed by atoms with E-state index >= 15 is 0 Å². The highest BCUT2D eigenvalue weighted by Gasteiger charge is 2.18. The number of hydrogen-bond acceptors (Lipinski definition) is 6. The highest BCUT2D eigenvalue weighted by Crippen LogP contribution is 2.26. The molecule has 152 valence electrons. The number of rotatable bonds is 8. The normalized spacial score (nSPS) is 11.7. The van der Waals surface area contributed by atoms with Gasteiger partial charge >= 0.3 is 0 Å². The fourth-order valence-electron chi connectivity index (χ4n) is 2.63. The molecule has 1 N–H and O–H groups in total. The molecule has 1 unspecified atom stereocenters. The lowest BCUT2D eigenvalue weighted by molar-refractivity contribution is -0.113. The van der Waals surface area contributed by atoms with Crippen LogP contribution in [0, 0.1) is 0 Å². The van der Waals surface area contributed by atoms with Crippen molar-refractivity contribution in [2.75, 3.05) is 18.2 Å². The maximum Gasteiger partial charge on any atom is 0.234 e. The molecule has 1 amide bonds. The Hall–Kier alpha value is -2.52. The Kier molecular flexibility index (Phi) is 7.16. The van der Waals surface area contributed by atoms with E-state index < -0.39 is 0 Å². The first-order valence-corrected chi connectivity index (χ1v) is 10.6. The first-order chi connectivity index (χ1) is 14.0. The number of carbonyl (C=O) groups excluding carboxylic acids is 1. The molecule has 0 bridgehead atoms. The van der Waals surface area contributed by atoms with E-state index in [2.05, 4.69) is 31.4 Å². The number of hydrogen-bond donors (Lipinski definition) is 1. The van der Waals surface area contributed by atoms with Gasteiger partial charge in [-0.25, -0.2) is 0 Å². The van der Waals surface area contributed by atoms with E-state index in [1.807, 2.05) is 67.1 Å². The molecule has 0 aliphatic rings. The van der Waals surface area contributed by atoms with Crippen LogP contribution in [0.1, 0.15) is 18.9 Å². The van der Waals surface area contributed by atoms with E-state index in [1.54, 1.807) is 7.11 Å². The summed E-state index contributed by atoms with van der Waals surface area (Å²) in [6.45, 7) is 1.90. The van der Waals surface area contributed by atoms with E-state index in [-0.39, 0.29) is 17.8 Å². The Bertz CT molecular complexity index is 995. The van der Waals surface area contributed by atoms with Gasteiger partial charge in [-0.05, 0) is 37.3 Å². The molecule has 0 spiro atoms. The number of ether oxygens (including phenoxy) is 2. The number of thioether (sulfide) groups is 1. The Morgan fingerprint density at radius 1 is 1.21 bits per heavy atom. The predicted molar refractivity (Wildman–Crippen MR) is 117 cm³/mol. The summed E-state index contributed by atoms with van der Waals surface area (Å²) < 4.78 is 13.9. The van der Waals surface area contributed by atoms with Crippen molar-refractivity contribution < 1.29 is 14.3 Å². The number of benzene rings is 2. The smallest absolute Gasteiger partial charge is 0.234 e. The molecule has 9 heteroatoms. The van der Waals surface area contributed by atoms with Gasteiger partial charge in [-0.3, -0.25) is 4.79 Å². The largest absolute Gasteiger partial charge is 0.497 e. The van der Waals surface area contributed by atoms with Crippen molar-refractivity contribution in [3.63, 3.8) is 0 Å². The van der Waals surface area contributed by atoms with Crippen molar-refractivity contribution >= 4 is 39.3 Å². The Balaban J connectivity index is 1.59. The number of aromatic nitrogens is 3. The molecule has 0 aliphatic heterocycles. The molecule has 1 atom stereocenters. The number of nitrogens with zero attached hydrogens (tertiary/aromatic N) is 3. The second-order valence-electron chi connectivity index (χ2n) is 6.19. The van der Waals surface area contributed by atoms with Gasteiger partial charge < -0.3 is 19.4 Å². The van der Waals surface area contributed by atoms with E-state index in [1.165, 1.54) is 11.8 Å². The minimum absolute atomic E-state index is 0.113. The van der Waals surface area contributed by atoms with Crippen LogP contribution in [-0.4, -0.2) is 33.5 Å². The summed E-state index contributed by atoms with van der Waals surface area (Å²) in [6.07, 6.45) is -0.315. The van der Waals surface area contributed by atoms with Crippen molar-refractivity contribution in [1.29, 1.82) is 0 Å². The van der Waals surface area contributed by atoms with Crippen LogP contribution in [0.2, 0.25) is 0 Å². The molecular weight excluding hydrogens is 456 g/mol. The maximum absolute atomic E-state index is 12.2. The van der Waals surface area contributed by atoms with Crippen LogP contribution < -0.4 is 14.8 Å². The van der Waals surface area contributed by atoms with E-state index in [0.29, 0.717) is 16.7 Å². The number of carbonyl (C=O) groups is 1. The second kappa shape index (κ2) is 9.80. The van der Waals surface area contributed by atoms with Crippen LogP contribution in [0.4, 0.5) is 5.69 Å². The molecule has 0 aliphatic carbocycles. The molecule has 0 saturated carbocycles. The quantitative estimate of drug-likeness (QED) is 0.483. The van der Waals surface area contributed by atoms with E-state index in [4.69, 9.17) is 9.47 Å². The summed E-state index contributed by atoms with van der Waals surface area (Å²) in [7, 11) is 3.47. The van der Waals surface area contributed by atoms with Gasteiger partial charge in [0.2, 0.25) is 5.91 Å². The van der Waals surface area contributed by atoms with Gasteiger partial charge in [-0.1, -0.05) is 39.8 Å². The van der Waals surface area contributed by atoms with Gasteiger partial charge in [0.05, 0.1) is 12.9 Å². The van der Waals surface area contributed by atoms with Gasteiger partial charge in [0.25, 0.3) is 0 Å². The summed E-state index contributed by atoms with van der Waals surface area (Å²) in [5.74, 6) is 2.19. The van der Waals surface area contributed by atoms with Gasteiger partial charge in [0, 0.05) is 23.3 Å². The van der Waals surface area contributed by atoms with Crippen LogP contribution >= 0.6 is 27.7 Å². The third-order valence-electron chi connectivity index (χ3n) is 4.03. The standard InChI is InChI=1S/C20H21BrN4O3S/c1-13(28-17-9-5-8-16(11-17)27-3)19-23-24-20(25(19)2)29-12-18(26)22-15-7-4-6-14(21)10-15/h4-11,13H,12H2,1-3H3,(H,22,26). The lowest BCUT2D eigenvalue weighted by Crippen LogP contribution is -2.14. The summed E-state index contributed by atoms with van der Waals surface area (Å²) in [5, 5.41) is 11.9. The Labute approximate surface area is 181 Å². The molecule has 0 saturated heterocycles. The first-order valence-electron chi connectivity index (χ1n) is 8.84. The summed E-state index contributed by atoms with van der Waals surface area (Å²) in [4.78, 5) is 12.2. The average Bonchev–Trinajstić information content (AvgIpc) is 3.07. The lowest BCUT2D eigenvalue weighted by Gasteiger charge is -2.14. The first kappa shape index (κ1) is 21.2. The Morgan fingerprint density at radius 2 is 1.97 bits per heavy atom. The van der Waals surface area contributed by atoms with Gasteiger partial charge in [0.15, 0.2) is 17.1 Å². The fraction of sp³-hybridized carbons (Fsp3) is 0.250. The fourth-order valence-corrected chi connectivity index (χ4v) is 3.75. The summed E-state index contributed by atoms with van der Waals surface area (Å²) >= 11 is 4.71. The highest BCUT2D eigenvalue weighted by atomic mass is 79.9. The predicted octanol–water partition coefficient (Wildman–Crippen LogP) is 4.46. The topological polar surface area (TPSA) is 78.3 Å². The number of halogens is 1. The van der Waals surface area contributed by atoms with Crippen molar-refractivity contribution in [2.24, 2.45) is 7.05 Å². The van der Waals surface area contributed by atoms with Gasteiger partial charge in [-0.2, -0.15) is 0 Å². The number of methoxy groups -OCH3 is 1. The SMILES string of the molecule is COc1cccc(OC(C)c2nnc(SCC(=O)Nc3cccc(Br)c3)n2C)c1. The summed E-state index contributed by atoms with van der Waals surface area (Å²) in [6, 6.07) is 14.8. The molecule has 0 fully saturated rings. The monoisotopic (exact) mass is 476 g/mol. The molecule has 3 rings (SSSR count). The zero-order valence-electron chi connectivity index (χ0n) is 16.3. The van der Waals surface area contributed by atoms with Crippen molar-refractivity contribution in [1.82, 2.24) is 14.8 Å². The third-order valence-corrected chi connectivity index (χ3v) is 5.54. The molecule has 3 aromatic rings. The van der Waals surface area contributed by atoms with Crippen LogP contribution in [0.25, 0.3) is 0 Å². The molecular formula is C20H21BrN4O3S. The number of anilines is 1. The van der Waals surface area contributed by atoms with Crippen LogP contribution in [0.3, 0.4) is 0 Å².